The number of aryl methyl sites for hydroxylation is 1. The minimum absolute atomic E-state index is 0.378. The minimum Gasteiger partial charge on any atom is -0.394 e. The van der Waals surface area contributed by atoms with Crippen LogP contribution in [0.1, 0.15) is 11.9 Å². The first kappa shape index (κ1) is 17.3. The van der Waals surface area contributed by atoms with Gasteiger partial charge in [0.05, 0.1) is 12.3 Å². The molecule has 3 aromatic heterocycles. The summed E-state index contributed by atoms with van der Waals surface area (Å²) < 4.78 is 7.42. The van der Waals surface area contributed by atoms with Gasteiger partial charge in [-0.25, -0.2) is 9.97 Å². The van der Waals surface area contributed by atoms with Gasteiger partial charge in [-0.05, 0) is 19.1 Å². The number of rotatable bonds is 3. The van der Waals surface area contributed by atoms with Gasteiger partial charge in [0, 0.05) is 33.7 Å². The zero-order valence-electron chi connectivity index (χ0n) is 15.1. The summed E-state index contributed by atoms with van der Waals surface area (Å²) in [5, 5.41) is 32.0. The summed E-state index contributed by atoms with van der Waals surface area (Å²) in [5.74, 6) is 0. The molecule has 4 heterocycles. The third-order valence-electron chi connectivity index (χ3n) is 5.41. The topological polar surface area (TPSA) is 116 Å². The summed E-state index contributed by atoms with van der Waals surface area (Å²) >= 11 is 0. The number of aliphatic hydroxyl groups excluding tert-OH is 3. The molecule has 0 unspecified atom stereocenters. The first-order valence-electron chi connectivity index (χ1n) is 9.11. The number of para-hydroxylation sites is 1. The van der Waals surface area contributed by atoms with Crippen LogP contribution in [0.25, 0.3) is 33.2 Å². The van der Waals surface area contributed by atoms with E-state index in [1.165, 1.54) is 6.33 Å². The smallest absolute Gasteiger partial charge is 0.164 e. The van der Waals surface area contributed by atoms with E-state index in [0.717, 1.165) is 33.2 Å². The molecule has 1 fully saturated rings. The van der Waals surface area contributed by atoms with Gasteiger partial charge in [-0.2, -0.15) is 0 Å². The number of hydrogen-bond acceptors (Lipinski definition) is 6. The zero-order valence-corrected chi connectivity index (χ0v) is 15.1. The van der Waals surface area contributed by atoms with Crippen molar-refractivity contribution in [2.45, 2.75) is 31.5 Å². The highest BCUT2D eigenvalue weighted by molar-refractivity contribution is 5.98. The second kappa shape index (κ2) is 6.39. The number of fused-ring (bicyclic) bond motifs is 2. The molecule has 8 heteroatoms. The molecule has 144 valence electrons. The van der Waals surface area contributed by atoms with Crippen LogP contribution in [0.4, 0.5) is 0 Å². The van der Waals surface area contributed by atoms with E-state index in [4.69, 9.17) is 4.74 Å². The van der Waals surface area contributed by atoms with Crippen molar-refractivity contribution in [2.75, 3.05) is 6.61 Å². The molecule has 28 heavy (non-hydrogen) atoms. The quantitative estimate of drug-likeness (QED) is 0.428. The van der Waals surface area contributed by atoms with Gasteiger partial charge in [0.15, 0.2) is 6.23 Å². The number of aromatic amines is 1. The first-order valence-corrected chi connectivity index (χ1v) is 9.11. The number of aromatic nitrogens is 4. The Kier molecular flexibility index (Phi) is 3.95. The lowest BCUT2D eigenvalue weighted by molar-refractivity contribution is -0.0508. The summed E-state index contributed by atoms with van der Waals surface area (Å²) in [6.45, 7) is 1.52. The molecule has 0 spiro atoms. The largest absolute Gasteiger partial charge is 0.394 e. The Hall–Kier alpha value is -2.78. The highest BCUT2D eigenvalue weighted by atomic mass is 16.6. The van der Waals surface area contributed by atoms with Gasteiger partial charge >= 0.3 is 0 Å². The predicted octanol–water partition coefficient (Wildman–Crippen LogP) is 1.50. The molecule has 8 nitrogen and oxygen atoms in total. The molecule has 5 rings (SSSR count). The second-order valence-corrected chi connectivity index (χ2v) is 7.11. The number of ether oxygens (including phenoxy) is 1. The van der Waals surface area contributed by atoms with E-state index in [0.29, 0.717) is 5.65 Å². The normalized spacial score (nSPS) is 25.1. The van der Waals surface area contributed by atoms with E-state index in [2.05, 4.69) is 21.0 Å². The third-order valence-corrected chi connectivity index (χ3v) is 5.41. The molecule has 1 saturated heterocycles. The second-order valence-electron chi connectivity index (χ2n) is 7.11. The molecule has 4 atom stereocenters. The Labute approximate surface area is 160 Å². The van der Waals surface area contributed by atoms with Crippen LogP contribution in [0.2, 0.25) is 0 Å². The fourth-order valence-electron chi connectivity index (χ4n) is 3.96. The Bertz CT molecular complexity index is 1130. The molecule has 0 saturated carbocycles. The first-order chi connectivity index (χ1) is 13.6. The lowest BCUT2D eigenvalue weighted by Crippen LogP contribution is -2.33. The van der Waals surface area contributed by atoms with Crippen LogP contribution in [0, 0.1) is 6.92 Å². The van der Waals surface area contributed by atoms with Gasteiger partial charge in [-0.1, -0.05) is 18.2 Å². The number of hydrogen-bond donors (Lipinski definition) is 4. The fourth-order valence-corrected chi connectivity index (χ4v) is 3.96. The molecular formula is C20H20N4O4. The highest BCUT2D eigenvalue weighted by Crippen LogP contribution is 2.38. The van der Waals surface area contributed by atoms with Crippen molar-refractivity contribution in [1.29, 1.82) is 0 Å². The van der Waals surface area contributed by atoms with E-state index in [1.807, 2.05) is 37.4 Å². The summed E-state index contributed by atoms with van der Waals surface area (Å²) in [6, 6.07) is 10.0. The molecule has 0 bridgehead atoms. The summed E-state index contributed by atoms with van der Waals surface area (Å²) in [4.78, 5) is 12.1. The zero-order chi connectivity index (χ0) is 19.4. The molecule has 0 radical (unpaired) electrons. The van der Waals surface area contributed by atoms with Crippen molar-refractivity contribution in [1.82, 2.24) is 19.5 Å². The number of nitrogens with one attached hydrogen (secondary N) is 1. The van der Waals surface area contributed by atoms with Crippen LogP contribution in [-0.4, -0.2) is 59.8 Å². The molecule has 4 N–H and O–H groups in total. The molecule has 1 aromatic carbocycles. The van der Waals surface area contributed by atoms with Crippen molar-refractivity contribution in [3.63, 3.8) is 0 Å². The Morgan fingerprint density at radius 2 is 2.00 bits per heavy atom. The maximum Gasteiger partial charge on any atom is 0.164 e. The van der Waals surface area contributed by atoms with Gasteiger partial charge in [0.2, 0.25) is 0 Å². The van der Waals surface area contributed by atoms with Crippen LogP contribution in [0.3, 0.4) is 0 Å². The molecule has 1 aliphatic heterocycles. The minimum atomic E-state index is -1.18. The maximum absolute atomic E-state index is 10.5. The van der Waals surface area contributed by atoms with Crippen molar-refractivity contribution >= 4 is 21.9 Å². The SMILES string of the molecule is Cc1ncnc2c1c(-c1cc3ccccc3[nH]1)cn2[C@@H]1O[C@H](CO)[C@@H](O)[C@H]1O. The molecule has 1 aliphatic rings. The summed E-state index contributed by atoms with van der Waals surface area (Å²) in [6.07, 6.45) is -0.758. The van der Waals surface area contributed by atoms with Crippen LogP contribution < -0.4 is 0 Å². The lowest BCUT2D eigenvalue weighted by Gasteiger charge is -2.17. The van der Waals surface area contributed by atoms with Crippen LogP contribution in [-0.2, 0) is 4.74 Å². The third kappa shape index (κ3) is 2.46. The molecule has 0 aliphatic carbocycles. The molecule has 0 amide bonds. The van der Waals surface area contributed by atoms with Gasteiger partial charge in [-0.15, -0.1) is 0 Å². The van der Waals surface area contributed by atoms with Crippen LogP contribution in [0.5, 0.6) is 0 Å². The standard InChI is InChI=1S/C20H20N4O4/c1-10-16-12(14-6-11-4-2-3-5-13(11)23-14)7-24(19(16)22-9-21-10)20-18(27)17(26)15(8-25)28-20/h2-7,9,15,17-18,20,23,25-27H,8H2,1H3/t15-,17-,18-,20-/m1/s1. The molecule has 4 aromatic rings. The maximum atomic E-state index is 10.5. The Morgan fingerprint density at radius 3 is 2.75 bits per heavy atom. The van der Waals surface area contributed by atoms with Crippen LogP contribution in [0.15, 0.2) is 42.9 Å². The van der Waals surface area contributed by atoms with E-state index in [9.17, 15) is 15.3 Å². The van der Waals surface area contributed by atoms with Crippen molar-refractivity contribution < 1.29 is 20.1 Å². The summed E-state index contributed by atoms with van der Waals surface area (Å²) in [5.41, 5.74) is 4.18. The number of nitrogens with zero attached hydrogens (tertiary/aromatic N) is 3. The van der Waals surface area contributed by atoms with E-state index in [1.54, 1.807) is 4.57 Å². The monoisotopic (exact) mass is 380 g/mol. The number of H-pyrrole nitrogens is 1. The van der Waals surface area contributed by atoms with E-state index in [-0.39, 0.29) is 6.61 Å². The molecular weight excluding hydrogens is 360 g/mol. The summed E-state index contributed by atoms with van der Waals surface area (Å²) in [7, 11) is 0. The van der Waals surface area contributed by atoms with Crippen molar-refractivity contribution in [3.05, 3.63) is 48.5 Å². The van der Waals surface area contributed by atoms with Gasteiger partial charge in [0.25, 0.3) is 0 Å². The predicted molar refractivity (Wildman–Crippen MR) is 103 cm³/mol. The van der Waals surface area contributed by atoms with Crippen LogP contribution >= 0.6 is 0 Å². The van der Waals surface area contributed by atoms with Gasteiger partial charge in [-0.3, -0.25) is 0 Å². The Balaban J connectivity index is 1.71. The van der Waals surface area contributed by atoms with Gasteiger partial charge < -0.3 is 29.6 Å². The van der Waals surface area contributed by atoms with E-state index < -0.39 is 24.5 Å². The van der Waals surface area contributed by atoms with Crippen molar-refractivity contribution in [3.8, 4) is 11.3 Å². The fraction of sp³-hybridized carbons (Fsp3) is 0.300. The number of benzene rings is 1. The number of aliphatic hydroxyl groups is 3. The Morgan fingerprint density at radius 1 is 1.18 bits per heavy atom. The average Bonchev–Trinajstić information content (AvgIpc) is 3.37. The average molecular weight is 380 g/mol. The van der Waals surface area contributed by atoms with E-state index >= 15 is 0 Å². The van der Waals surface area contributed by atoms with Gasteiger partial charge in [0.1, 0.15) is 30.3 Å². The van der Waals surface area contributed by atoms with Crippen molar-refractivity contribution in [2.24, 2.45) is 0 Å². The highest BCUT2D eigenvalue weighted by Gasteiger charge is 2.44. The lowest BCUT2D eigenvalue weighted by atomic mass is 10.1.